The van der Waals surface area contributed by atoms with Gasteiger partial charge in [0.2, 0.25) is 5.91 Å². The van der Waals surface area contributed by atoms with Gasteiger partial charge in [0.1, 0.15) is 0 Å². The Balaban J connectivity index is 1.52. The van der Waals surface area contributed by atoms with Crippen molar-refractivity contribution in [3.05, 3.63) is 0 Å². The predicted octanol–water partition coefficient (Wildman–Crippen LogP) is 0.0172. The fraction of sp³-hybridized carbons (Fsp3) is 0.909. The third-order valence-corrected chi connectivity index (χ3v) is 3.32. The van der Waals surface area contributed by atoms with Gasteiger partial charge in [0.05, 0.1) is 6.61 Å². The van der Waals surface area contributed by atoms with Crippen LogP contribution in [-0.2, 0) is 4.79 Å². The molecule has 0 unspecified atom stereocenters. The Bertz CT molecular complexity index is 235. The number of amides is 1. The highest BCUT2D eigenvalue weighted by Gasteiger charge is 2.41. The Kier molecular flexibility index (Phi) is 3.26. The fourth-order valence-corrected chi connectivity index (χ4v) is 1.62. The van der Waals surface area contributed by atoms with Gasteiger partial charge >= 0.3 is 0 Å². The molecule has 0 aromatic rings. The summed E-state index contributed by atoms with van der Waals surface area (Å²) < 4.78 is 0. The standard InChI is InChI=1S/C11H20N2O2/c14-8-11(4-5-11)7-13-10(15)3-6-12-9-1-2-9/h9,12,14H,1-8H2,(H,13,15). The van der Waals surface area contributed by atoms with Gasteiger partial charge in [-0.2, -0.15) is 0 Å². The average Bonchev–Trinajstić information content (AvgIpc) is 3.11. The number of carbonyl (C=O) groups excluding carboxylic acids is 1. The molecule has 0 bridgehead atoms. The second-order valence-corrected chi connectivity index (χ2v) is 4.91. The number of carbonyl (C=O) groups is 1. The smallest absolute Gasteiger partial charge is 0.221 e. The topological polar surface area (TPSA) is 61.4 Å². The predicted molar refractivity (Wildman–Crippen MR) is 57.4 cm³/mol. The molecule has 0 aromatic heterocycles. The van der Waals surface area contributed by atoms with Crippen molar-refractivity contribution in [2.75, 3.05) is 19.7 Å². The molecule has 0 saturated heterocycles. The van der Waals surface area contributed by atoms with Crippen molar-refractivity contribution in [1.82, 2.24) is 10.6 Å². The van der Waals surface area contributed by atoms with Crippen molar-refractivity contribution in [2.24, 2.45) is 5.41 Å². The first-order valence-electron chi connectivity index (χ1n) is 5.85. The minimum absolute atomic E-state index is 0.0274. The lowest BCUT2D eigenvalue weighted by Crippen LogP contribution is -2.33. The number of hydrogen-bond acceptors (Lipinski definition) is 3. The molecule has 1 amide bonds. The zero-order valence-corrected chi connectivity index (χ0v) is 9.09. The van der Waals surface area contributed by atoms with Crippen molar-refractivity contribution < 1.29 is 9.90 Å². The summed E-state index contributed by atoms with van der Waals surface area (Å²) in [6, 6.07) is 0.671. The molecule has 0 spiro atoms. The van der Waals surface area contributed by atoms with Gasteiger partial charge in [-0.3, -0.25) is 4.79 Å². The third-order valence-electron chi connectivity index (χ3n) is 3.32. The molecule has 2 fully saturated rings. The Morgan fingerprint density at radius 1 is 1.40 bits per heavy atom. The molecule has 0 atom stereocenters. The summed E-state index contributed by atoms with van der Waals surface area (Å²) in [5.41, 5.74) is 0.0274. The molecular formula is C11H20N2O2. The zero-order valence-electron chi connectivity index (χ0n) is 9.09. The SMILES string of the molecule is O=C(CCNC1CC1)NCC1(CO)CC1. The van der Waals surface area contributed by atoms with Crippen LogP contribution in [0, 0.1) is 5.41 Å². The Labute approximate surface area is 90.4 Å². The van der Waals surface area contributed by atoms with E-state index >= 15 is 0 Å². The van der Waals surface area contributed by atoms with Crippen LogP contribution in [0.5, 0.6) is 0 Å². The van der Waals surface area contributed by atoms with Crippen LogP contribution in [0.15, 0.2) is 0 Å². The van der Waals surface area contributed by atoms with E-state index in [1.165, 1.54) is 12.8 Å². The van der Waals surface area contributed by atoms with Gasteiger partial charge in [-0.15, -0.1) is 0 Å². The Hall–Kier alpha value is -0.610. The van der Waals surface area contributed by atoms with Gasteiger partial charge in [-0.25, -0.2) is 0 Å². The van der Waals surface area contributed by atoms with Crippen LogP contribution in [0.4, 0.5) is 0 Å². The van der Waals surface area contributed by atoms with Crippen LogP contribution < -0.4 is 10.6 Å². The van der Waals surface area contributed by atoms with E-state index in [0.717, 1.165) is 19.4 Å². The zero-order chi connectivity index (χ0) is 10.7. The second-order valence-electron chi connectivity index (χ2n) is 4.91. The molecular weight excluding hydrogens is 192 g/mol. The van der Waals surface area contributed by atoms with Crippen molar-refractivity contribution >= 4 is 5.91 Å². The van der Waals surface area contributed by atoms with E-state index in [1.54, 1.807) is 0 Å². The maximum atomic E-state index is 11.4. The minimum atomic E-state index is 0.0274. The Morgan fingerprint density at radius 2 is 2.13 bits per heavy atom. The molecule has 3 N–H and O–H groups in total. The van der Waals surface area contributed by atoms with E-state index in [9.17, 15) is 4.79 Å². The van der Waals surface area contributed by atoms with Crippen molar-refractivity contribution in [1.29, 1.82) is 0 Å². The highest BCUT2D eigenvalue weighted by Crippen LogP contribution is 2.44. The molecule has 15 heavy (non-hydrogen) atoms. The number of hydrogen-bond donors (Lipinski definition) is 3. The monoisotopic (exact) mass is 212 g/mol. The summed E-state index contributed by atoms with van der Waals surface area (Å²) in [6.07, 6.45) is 5.16. The summed E-state index contributed by atoms with van der Waals surface area (Å²) in [5, 5.41) is 15.3. The van der Waals surface area contributed by atoms with Crippen molar-refractivity contribution in [3.63, 3.8) is 0 Å². The van der Waals surface area contributed by atoms with Crippen molar-refractivity contribution in [3.8, 4) is 0 Å². The first-order valence-corrected chi connectivity index (χ1v) is 5.85. The van der Waals surface area contributed by atoms with Crippen LogP contribution in [0.2, 0.25) is 0 Å². The van der Waals surface area contributed by atoms with Crippen LogP contribution in [0.25, 0.3) is 0 Å². The molecule has 0 aliphatic heterocycles. The number of aliphatic hydroxyl groups excluding tert-OH is 1. The van der Waals surface area contributed by atoms with E-state index in [4.69, 9.17) is 5.11 Å². The van der Waals surface area contributed by atoms with Crippen LogP contribution in [-0.4, -0.2) is 36.8 Å². The summed E-state index contributed by atoms with van der Waals surface area (Å²) in [4.78, 5) is 11.4. The largest absolute Gasteiger partial charge is 0.396 e. The Morgan fingerprint density at radius 3 is 2.67 bits per heavy atom. The van der Waals surface area contributed by atoms with Gasteiger partial charge in [0.15, 0.2) is 0 Å². The van der Waals surface area contributed by atoms with Gasteiger partial charge in [0, 0.05) is 31.0 Å². The van der Waals surface area contributed by atoms with E-state index in [-0.39, 0.29) is 17.9 Å². The molecule has 0 aromatic carbocycles. The number of nitrogens with one attached hydrogen (secondary N) is 2. The minimum Gasteiger partial charge on any atom is -0.396 e. The highest BCUT2D eigenvalue weighted by molar-refractivity contribution is 5.76. The molecule has 4 heteroatoms. The van der Waals surface area contributed by atoms with E-state index in [1.807, 2.05) is 0 Å². The van der Waals surface area contributed by atoms with E-state index in [2.05, 4.69) is 10.6 Å². The number of rotatable bonds is 7. The fourth-order valence-electron chi connectivity index (χ4n) is 1.62. The molecule has 2 rings (SSSR count). The maximum absolute atomic E-state index is 11.4. The highest BCUT2D eigenvalue weighted by atomic mass is 16.3. The summed E-state index contributed by atoms with van der Waals surface area (Å²) in [7, 11) is 0. The molecule has 2 aliphatic carbocycles. The van der Waals surface area contributed by atoms with Gasteiger partial charge < -0.3 is 15.7 Å². The first-order chi connectivity index (χ1) is 7.24. The third kappa shape index (κ3) is 3.47. The molecule has 0 radical (unpaired) electrons. The average molecular weight is 212 g/mol. The lowest BCUT2D eigenvalue weighted by molar-refractivity contribution is -0.121. The lowest BCUT2D eigenvalue weighted by Gasteiger charge is -2.12. The van der Waals surface area contributed by atoms with Crippen LogP contribution in [0.3, 0.4) is 0 Å². The molecule has 86 valence electrons. The molecule has 4 nitrogen and oxygen atoms in total. The van der Waals surface area contributed by atoms with Crippen LogP contribution in [0.1, 0.15) is 32.1 Å². The van der Waals surface area contributed by atoms with E-state index < -0.39 is 0 Å². The summed E-state index contributed by atoms with van der Waals surface area (Å²) in [5.74, 6) is 0.0999. The number of aliphatic hydroxyl groups is 1. The lowest BCUT2D eigenvalue weighted by atomic mass is 10.1. The van der Waals surface area contributed by atoms with Crippen LogP contribution >= 0.6 is 0 Å². The van der Waals surface area contributed by atoms with Gasteiger partial charge in [-0.1, -0.05) is 0 Å². The molecule has 2 saturated carbocycles. The quantitative estimate of drug-likeness (QED) is 0.557. The first kappa shape index (κ1) is 10.9. The summed E-state index contributed by atoms with van der Waals surface area (Å²) in [6.45, 7) is 1.63. The summed E-state index contributed by atoms with van der Waals surface area (Å²) >= 11 is 0. The molecule has 2 aliphatic rings. The van der Waals surface area contributed by atoms with Crippen molar-refractivity contribution in [2.45, 2.75) is 38.1 Å². The maximum Gasteiger partial charge on any atom is 0.221 e. The van der Waals surface area contributed by atoms with E-state index in [0.29, 0.717) is 19.0 Å². The molecule has 0 heterocycles. The van der Waals surface area contributed by atoms with Gasteiger partial charge in [-0.05, 0) is 25.7 Å². The van der Waals surface area contributed by atoms with Gasteiger partial charge in [0.25, 0.3) is 0 Å². The normalized spacial score (nSPS) is 22.5. The second kappa shape index (κ2) is 4.49.